The highest BCUT2D eigenvalue weighted by molar-refractivity contribution is 7.89. The first kappa shape index (κ1) is 20.5. The molecule has 0 saturated carbocycles. The van der Waals surface area contributed by atoms with Crippen LogP contribution in [-0.2, 0) is 26.0 Å². The summed E-state index contributed by atoms with van der Waals surface area (Å²) < 4.78 is 37.3. The number of esters is 1. The van der Waals surface area contributed by atoms with Gasteiger partial charge in [-0.25, -0.2) is 8.42 Å². The Balaban J connectivity index is 1.29. The van der Waals surface area contributed by atoms with E-state index in [4.69, 9.17) is 9.47 Å². The van der Waals surface area contributed by atoms with Crippen LogP contribution in [-0.4, -0.2) is 55.8 Å². The number of nitrogens with zero attached hydrogens (tertiary/aromatic N) is 2. The summed E-state index contributed by atoms with van der Waals surface area (Å²) >= 11 is 0. The fourth-order valence-electron chi connectivity index (χ4n) is 3.68. The van der Waals surface area contributed by atoms with E-state index in [9.17, 15) is 18.0 Å². The van der Waals surface area contributed by atoms with E-state index in [1.165, 1.54) is 22.8 Å². The lowest BCUT2D eigenvalue weighted by Crippen LogP contribution is -2.40. The van der Waals surface area contributed by atoms with Crippen LogP contribution in [0.5, 0.6) is 5.75 Å². The molecule has 0 aliphatic carbocycles. The summed E-state index contributed by atoms with van der Waals surface area (Å²) in [6, 6.07) is 8.28. The topological polar surface area (TPSA) is 103 Å². The van der Waals surface area contributed by atoms with Gasteiger partial charge >= 0.3 is 5.97 Å². The van der Waals surface area contributed by atoms with Crippen LogP contribution in [0.2, 0.25) is 0 Å². The van der Waals surface area contributed by atoms with Crippen molar-refractivity contribution < 1.29 is 27.5 Å². The van der Waals surface area contributed by atoms with Crippen LogP contribution in [0, 0.1) is 5.92 Å². The quantitative estimate of drug-likeness (QED) is 0.509. The van der Waals surface area contributed by atoms with Gasteiger partial charge in [0, 0.05) is 37.5 Å². The predicted molar refractivity (Wildman–Crippen MR) is 107 cm³/mol. The van der Waals surface area contributed by atoms with Crippen molar-refractivity contribution in [1.82, 2.24) is 9.29 Å². The Morgan fingerprint density at radius 1 is 1.20 bits per heavy atom. The van der Waals surface area contributed by atoms with Crippen LogP contribution in [0.3, 0.4) is 0 Å². The molecule has 0 N–H and O–H groups in total. The Bertz CT molecular complexity index is 1050. The molecule has 1 aromatic heterocycles. The maximum atomic E-state index is 12.6. The van der Waals surface area contributed by atoms with E-state index in [-0.39, 0.29) is 30.4 Å². The second-order valence-electron chi connectivity index (χ2n) is 7.32. The van der Waals surface area contributed by atoms with Gasteiger partial charge in [-0.3, -0.25) is 14.6 Å². The number of carbonyl (C=O) groups excluding carboxylic acids is 2. The largest absolute Gasteiger partial charge is 0.493 e. The minimum atomic E-state index is -3.62. The van der Waals surface area contributed by atoms with Gasteiger partial charge in [-0.2, -0.15) is 4.31 Å². The molecule has 0 unspecified atom stereocenters. The third-order valence-electron chi connectivity index (χ3n) is 5.42. The lowest BCUT2D eigenvalue weighted by Gasteiger charge is -2.29. The minimum Gasteiger partial charge on any atom is -0.493 e. The zero-order valence-electron chi connectivity index (χ0n) is 16.3. The van der Waals surface area contributed by atoms with Crippen molar-refractivity contribution >= 4 is 21.8 Å². The molecule has 8 nitrogen and oxygen atoms in total. The standard InChI is InChI=1S/C21H22N2O6S/c24-19(16-3-4-20-17(12-16)7-11-28-20)14-29-21(25)15-5-9-23(10-6-15)30(26,27)18-2-1-8-22-13-18/h1-4,8,12-13,15H,5-7,9-11,14H2. The molecular weight excluding hydrogens is 408 g/mol. The van der Waals surface area contributed by atoms with Crippen molar-refractivity contribution in [2.24, 2.45) is 5.92 Å². The van der Waals surface area contributed by atoms with E-state index in [1.807, 2.05) is 0 Å². The number of benzene rings is 1. The first-order valence-corrected chi connectivity index (χ1v) is 11.2. The molecule has 2 aliphatic heterocycles. The molecule has 4 rings (SSSR count). The maximum absolute atomic E-state index is 12.6. The lowest BCUT2D eigenvalue weighted by molar-refractivity contribution is -0.148. The number of pyridine rings is 1. The zero-order chi connectivity index (χ0) is 21.1. The molecule has 158 valence electrons. The molecule has 30 heavy (non-hydrogen) atoms. The van der Waals surface area contributed by atoms with Crippen LogP contribution in [0.1, 0.15) is 28.8 Å². The summed E-state index contributed by atoms with van der Waals surface area (Å²) in [7, 11) is -3.62. The van der Waals surface area contributed by atoms with Crippen molar-refractivity contribution in [3.8, 4) is 5.75 Å². The monoisotopic (exact) mass is 430 g/mol. The Morgan fingerprint density at radius 2 is 2.00 bits per heavy atom. The van der Waals surface area contributed by atoms with Crippen molar-refractivity contribution in [2.75, 3.05) is 26.3 Å². The second kappa shape index (κ2) is 8.53. The number of carbonyl (C=O) groups is 2. The molecule has 9 heteroatoms. The first-order valence-electron chi connectivity index (χ1n) is 9.81. The highest BCUT2D eigenvalue weighted by Gasteiger charge is 2.33. The van der Waals surface area contributed by atoms with Gasteiger partial charge in [0.2, 0.25) is 10.0 Å². The van der Waals surface area contributed by atoms with Gasteiger partial charge in [0.05, 0.1) is 12.5 Å². The van der Waals surface area contributed by atoms with Gasteiger partial charge in [0.25, 0.3) is 0 Å². The Hall–Kier alpha value is -2.78. The van der Waals surface area contributed by atoms with Crippen LogP contribution in [0.4, 0.5) is 0 Å². The van der Waals surface area contributed by atoms with E-state index in [0.29, 0.717) is 25.0 Å². The van der Waals surface area contributed by atoms with Gasteiger partial charge in [-0.05, 0) is 48.7 Å². The van der Waals surface area contributed by atoms with Gasteiger partial charge in [0.1, 0.15) is 10.6 Å². The Morgan fingerprint density at radius 3 is 2.73 bits per heavy atom. The summed E-state index contributed by atoms with van der Waals surface area (Å²) in [6.07, 6.45) is 4.29. The Kier molecular flexibility index (Phi) is 5.83. The molecule has 3 heterocycles. The third-order valence-corrected chi connectivity index (χ3v) is 7.30. The average molecular weight is 430 g/mol. The summed E-state index contributed by atoms with van der Waals surface area (Å²) in [5.74, 6) is -0.371. The van der Waals surface area contributed by atoms with Crippen LogP contribution >= 0.6 is 0 Å². The summed E-state index contributed by atoms with van der Waals surface area (Å²) in [5, 5.41) is 0. The minimum absolute atomic E-state index is 0.136. The molecular formula is C21H22N2O6S. The molecule has 0 radical (unpaired) electrons. The van der Waals surface area contributed by atoms with Crippen LogP contribution < -0.4 is 4.74 Å². The number of sulfonamides is 1. The molecule has 2 aromatic rings. The fraction of sp³-hybridized carbons (Fsp3) is 0.381. The fourth-order valence-corrected chi connectivity index (χ4v) is 5.11. The smallest absolute Gasteiger partial charge is 0.309 e. The van der Waals surface area contributed by atoms with E-state index >= 15 is 0 Å². The molecule has 0 spiro atoms. The van der Waals surface area contributed by atoms with Gasteiger partial charge in [-0.15, -0.1) is 0 Å². The number of ether oxygens (including phenoxy) is 2. The number of Topliss-reactive ketones (excluding diaryl/α,β-unsaturated/α-hetero) is 1. The van der Waals surface area contributed by atoms with Crippen molar-refractivity contribution in [1.29, 1.82) is 0 Å². The van der Waals surface area contributed by atoms with E-state index in [1.54, 1.807) is 24.3 Å². The number of piperidine rings is 1. The number of fused-ring (bicyclic) bond motifs is 1. The first-order chi connectivity index (χ1) is 14.4. The number of ketones is 1. The van der Waals surface area contributed by atoms with Gasteiger partial charge in [-0.1, -0.05) is 0 Å². The highest BCUT2D eigenvalue weighted by Crippen LogP contribution is 2.27. The number of rotatable bonds is 6. The van der Waals surface area contributed by atoms with Crippen molar-refractivity contribution in [3.05, 3.63) is 53.9 Å². The van der Waals surface area contributed by atoms with E-state index in [2.05, 4.69) is 4.98 Å². The molecule has 1 aromatic carbocycles. The number of hydrogen-bond donors (Lipinski definition) is 0. The summed E-state index contributed by atoms with van der Waals surface area (Å²) in [6.45, 7) is 0.718. The molecule has 0 atom stereocenters. The lowest BCUT2D eigenvalue weighted by atomic mass is 9.98. The molecule has 1 saturated heterocycles. The average Bonchev–Trinajstić information content (AvgIpc) is 3.26. The molecule has 0 bridgehead atoms. The highest BCUT2D eigenvalue weighted by atomic mass is 32.2. The third kappa shape index (κ3) is 4.22. The summed E-state index contributed by atoms with van der Waals surface area (Å²) in [4.78, 5) is 28.7. The Labute approximate surface area is 174 Å². The number of aromatic nitrogens is 1. The van der Waals surface area contributed by atoms with E-state index < -0.39 is 21.9 Å². The summed E-state index contributed by atoms with van der Waals surface area (Å²) in [5.41, 5.74) is 1.47. The van der Waals surface area contributed by atoms with Crippen LogP contribution in [0.25, 0.3) is 0 Å². The predicted octanol–water partition coefficient (Wildman–Crippen LogP) is 1.84. The second-order valence-corrected chi connectivity index (χ2v) is 9.26. The maximum Gasteiger partial charge on any atom is 0.309 e. The van der Waals surface area contributed by atoms with Crippen LogP contribution in [0.15, 0.2) is 47.6 Å². The molecule has 1 fully saturated rings. The van der Waals surface area contributed by atoms with E-state index in [0.717, 1.165) is 17.7 Å². The normalized spacial score (nSPS) is 17.2. The zero-order valence-corrected chi connectivity index (χ0v) is 17.1. The number of hydrogen-bond acceptors (Lipinski definition) is 7. The molecule has 2 aliphatic rings. The SMILES string of the molecule is O=C(COC(=O)C1CCN(S(=O)(=O)c2cccnc2)CC1)c1ccc2c(c1)CCO2. The van der Waals surface area contributed by atoms with Gasteiger partial charge < -0.3 is 9.47 Å². The molecule has 0 amide bonds. The van der Waals surface area contributed by atoms with Crippen molar-refractivity contribution in [2.45, 2.75) is 24.2 Å². The van der Waals surface area contributed by atoms with Crippen molar-refractivity contribution in [3.63, 3.8) is 0 Å². The van der Waals surface area contributed by atoms with Gasteiger partial charge in [0.15, 0.2) is 12.4 Å².